The lowest BCUT2D eigenvalue weighted by molar-refractivity contribution is 0.0522. The minimum Gasteiger partial charge on any atom is -0.462 e. The average molecular weight is 298 g/mol. The highest BCUT2D eigenvalue weighted by Gasteiger charge is 2.12. The second-order valence-electron chi connectivity index (χ2n) is 4.47. The van der Waals surface area contributed by atoms with Gasteiger partial charge in [0.1, 0.15) is 0 Å². The van der Waals surface area contributed by atoms with Gasteiger partial charge in [0, 0.05) is 10.6 Å². The fraction of sp³-hybridized carbons (Fsp3) is 0.167. The van der Waals surface area contributed by atoms with Crippen LogP contribution in [0.25, 0.3) is 5.57 Å². The van der Waals surface area contributed by atoms with Crippen LogP contribution in [0.1, 0.15) is 22.8 Å². The molecule has 0 aromatic heterocycles. The summed E-state index contributed by atoms with van der Waals surface area (Å²) in [5.74, 6) is 0.464. The van der Waals surface area contributed by atoms with Crippen LogP contribution < -0.4 is 0 Å². The normalized spacial score (nSPS) is 10.1. The lowest BCUT2D eigenvalue weighted by Crippen LogP contribution is -2.06. The van der Waals surface area contributed by atoms with Crippen LogP contribution in [0.2, 0.25) is 0 Å². The molecular weight excluding hydrogens is 280 g/mol. The van der Waals surface area contributed by atoms with Crippen LogP contribution in [0.3, 0.4) is 0 Å². The zero-order valence-corrected chi connectivity index (χ0v) is 12.9. The van der Waals surface area contributed by atoms with Crippen molar-refractivity contribution in [3.8, 4) is 0 Å². The third kappa shape index (κ3) is 4.23. The van der Waals surface area contributed by atoms with E-state index in [1.54, 1.807) is 17.8 Å². The van der Waals surface area contributed by atoms with E-state index in [1.807, 2.05) is 55.5 Å². The van der Waals surface area contributed by atoms with Crippen LogP contribution in [0.15, 0.2) is 66.1 Å². The Balaban J connectivity index is 2.07. The maximum atomic E-state index is 11.9. The summed E-state index contributed by atoms with van der Waals surface area (Å²) in [4.78, 5) is 12.8. The predicted octanol–water partition coefficient (Wildman–Crippen LogP) is 4.67. The first kappa shape index (κ1) is 15.4. The standard InChI is InChI=1S/C18H18O2S/c1-3-20-18(19)16-11-7-8-12-17(16)21-13-14(2)15-9-5-4-6-10-15/h4-12H,2-3,13H2,1H3. The monoisotopic (exact) mass is 298 g/mol. The number of benzene rings is 2. The van der Waals surface area contributed by atoms with E-state index in [-0.39, 0.29) is 5.97 Å². The van der Waals surface area contributed by atoms with Gasteiger partial charge in [-0.1, -0.05) is 49.0 Å². The van der Waals surface area contributed by atoms with Gasteiger partial charge in [0.25, 0.3) is 0 Å². The maximum absolute atomic E-state index is 11.9. The Labute approximate surface area is 129 Å². The van der Waals surface area contributed by atoms with E-state index in [4.69, 9.17) is 4.74 Å². The van der Waals surface area contributed by atoms with Crippen molar-refractivity contribution in [2.45, 2.75) is 11.8 Å². The molecule has 0 aliphatic carbocycles. The highest BCUT2D eigenvalue weighted by Crippen LogP contribution is 2.27. The van der Waals surface area contributed by atoms with Gasteiger partial charge in [0.2, 0.25) is 0 Å². The molecule has 0 atom stereocenters. The Morgan fingerprint density at radius 3 is 2.48 bits per heavy atom. The average Bonchev–Trinajstić information content (AvgIpc) is 2.54. The Morgan fingerprint density at radius 1 is 1.10 bits per heavy atom. The van der Waals surface area contributed by atoms with Gasteiger partial charge < -0.3 is 4.74 Å². The van der Waals surface area contributed by atoms with E-state index in [1.165, 1.54) is 0 Å². The van der Waals surface area contributed by atoms with E-state index in [0.717, 1.165) is 21.8 Å². The summed E-state index contributed by atoms with van der Waals surface area (Å²) in [6.45, 7) is 6.31. The van der Waals surface area contributed by atoms with E-state index in [2.05, 4.69) is 6.58 Å². The lowest BCUT2D eigenvalue weighted by Gasteiger charge is -2.09. The third-order valence-corrected chi connectivity index (χ3v) is 4.13. The SMILES string of the molecule is C=C(CSc1ccccc1C(=O)OCC)c1ccccc1. The molecule has 108 valence electrons. The number of ether oxygens (including phenoxy) is 1. The maximum Gasteiger partial charge on any atom is 0.339 e. The molecule has 0 saturated carbocycles. The topological polar surface area (TPSA) is 26.3 Å². The summed E-state index contributed by atoms with van der Waals surface area (Å²) < 4.78 is 5.09. The molecule has 0 aliphatic rings. The fourth-order valence-electron chi connectivity index (χ4n) is 1.89. The molecule has 0 unspecified atom stereocenters. The van der Waals surface area contributed by atoms with Crippen molar-refractivity contribution < 1.29 is 9.53 Å². The van der Waals surface area contributed by atoms with Crippen LogP contribution in [-0.2, 0) is 4.74 Å². The highest BCUT2D eigenvalue weighted by molar-refractivity contribution is 7.99. The fourth-order valence-corrected chi connectivity index (χ4v) is 2.87. The van der Waals surface area contributed by atoms with Crippen LogP contribution >= 0.6 is 11.8 Å². The van der Waals surface area contributed by atoms with Gasteiger partial charge in [-0.2, -0.15) is 0 Å². The van der Waals surface area contributed by atoms with Crippen molar-refractivity contribution in [2.24, 2.45) is 0 Å². The van der Waals surface area contributed by atoms with Crippen molar-refractivity contribution in [2.75, 3.05) is 12.4 Å². The molecule has 0 bridgehead atoms. The first-order valence-corrected chi connectivity index (χ1v) is 7.83. The largest absolute Gasteiger partial charge is 0.462 e. The molecule has 2 aromatic carbocycles. The number of hydrogen-bond donors (Lipinski definition) is 0. The van der Waals surface area contributed by atoms with Gasteiger partial charge >= 0.3 is 5.97 Å². The van der Waals surface area contributed by atoms with Crippen molar-refractivity contribution in [3.63, 3.8) is 0 Å². The molecule has 2 rings (SSSR count). The quantitative estimate of drug-likeness (QED) is 0.572. The van der Waals surface area contributed by atoms with E-state index < -0.39 is 0 Å². The molecule has 0 saturated heterocycles. The second kappa shape index (κ2) is 7.70. The molecular formula is C18H18O2S. The number of rotatable bonds is 6. The van der Waals surface area contributed by atoms with Gasteiger partial charge in [0.15, 0.2) is 0 Å². The summed E-state index contributed by atoms with van der Waals surface area (Å²) >= 11 is 1.60. The molecule has 2 aromatic rings. The summed E-state index contributed by atoms with van der Waals surface area (Å²) in [6, 6.07) is 17.6. The Kier molecular flexibility index (Phi) is 5.64. The van der Waals surface area contributed by atoms with Gasteiger partial charge in [-0.15, -0.1) is 11.8 Å². The van der Waals surface area contributed by atoms with E-state index >= 15 is 0 Å². The zero-order valence-electron chi connectivity index (χ0n) is 12.0. The number of esters is 1. The molecule has 0 aliphatic heterocycles. The zero-order chi connectivity index (χ0) is 15.1. The third-order valence-electron chi connectivity index (χ3n) is 2.97. The molecule has 21 heavy (non-hydrogen) atoms. The minimum atomic E-state index is -0.272. The van der Waals surface area contributed by atoms with E-state index in [0.29, 0.717) is 12.2 Å². The highest BCUT2D eigenvalue weighted by atomic mass is 32.2. The first-order valence-electron chi connectivity index (χ1n) is 6.84. The summed E-state index contributed by atoms with van der Waals surface area (Å²) in [5.41, 5.74) is 2.78. The summed E-state index contributed by atoms with van der Waals surface area (Å²) in [7, 11) is 0. The Hall–Kier alpha value is -2.00. The van der Waals surface area contributed by atoms with Crippen LogP contribution in [-0.4, -0.2) is 18.3 Å². The number of thioether (sulfide) groups is 1. The van der Waals surface area contributed by atoms with Crippen molar-refractivity contribution in [3.05, 3.63) is 72.3 Å². The molecule has 2 nitrogen and oxygen atoms in total. The Bertz CT molecular complexity index is 620. The lowest BCUT2D eigenvalue weighted by atomic mass is 10.1. The summed E-state index contributed by atoms with van der Waals surface area (Å²) in [6.07, 6.45) is 0. The first-order chi connectivity index (χ1) is 10.2. The molecule has 0 amide bonds. The van der Waals surface area contributed by atoms with Gasteiger partial charge in [-0.05, 0) is 30.2 Å². The Morgan fingerprint density at radius 2 is 1.76 bits per heavy atom. The van der Waals surface area contributed by atoms with E-state index in [9.17, 15) is 4.79 Å². The molecule has 0 fully saturated rings. The van der Waals surface area contributed by atoms with Crippen molar-refractivity contribution in [1.29, 1.82) is 0 Å². The smallest absolute Gasteiger partial charge is 0.339 e. The molecule has 0 spiro atoms. The van der Waals surface area contributed by atoms with Crippen molar-refractivity contribution in [1.82, 2.24) is 0 Å². The van der Waals surface area contributed by atoms with Gasteiger partial charge in [-0.25, -0.2) is 4.79 Å². The minimum absolute atomic E-state index is 0.272. The van der Waals surface area contributed by atoms with Crippen molar-refractivity contribution >= 4 is 23.3 Å². The number of hydrogen-bond acceptors (Lipinski definition) is 3. The van der Waals surface area contributed by atoms with Crippen LogP contribution in [0.5, 0.6) is 0 Å². The van der Waals surface area contributed by atoms with Crippen LogP contribution in [0.4, 0.5) is 0 Å². The molecule has 3 heteroatoms. The molecule has 0 heterocycles. The van der Waals surface area contributed by atoms with Gasteiger partial charge in [0.05, 0.1) is 12.2 Å². The second-order valence-corrected chi connectivity index (χ2v) is 5.49. The predicted molar refractivity (Wildman–Crippen MR) is 88.6 cm³/mol. The number of carbonyl (C=O) groups is 1. The van der Waals surface area contributed by atoms with Crippen LogP contribution in [0, 0.1) is 0 Å². The molecule has 0 radical (unpaired) electrons. The number of carbonyl (C=O) groups excluding carboxylic acids is 1. The molecule has 0 N–H and O–H groups in total. The van der Waals surface area contributed by atoms with Gasteiger partial charge in [-0.3, -0.25) is 0 Å². The summed E-state index contributed by atoms with van der Waals surface area (Å²) in [5, 5.41) is 0.